The van der Waals surface area contributed by atoms with Gasteiger partial charge in [0.25, 0.3) is 0 Å². The van der Waals surface area contributed by atoms with E-state index in [-0.39, 0.29) is 48.2 Å². The number of H-pyrrole nitrogens is 1. The van der Waals surface area contributed by atoms with Crippen molar-refractivity contribution < 1.29 is 28.3 Å². The highest BCUT2D eigenvalue weighted by Gasteiger charge is 2.37. The zero-order valence-corrected chi connectivity index (χ0v) is 22.4. The van der Waals surface area contributed by atoms with Crippen molar-refractivity contribution in [2.24, 2.45) is 5.92 Å². The summed E-state index contributed by atoms with van der Waals surface area (Å²) in [7, 11) is 0. The van der Waals surface area contributed by atoms with Crippen molar-refractivity contribution in [1.82, 2.24) is 20.2 Å². The van der Waals surface area contributed by atoms with Crippen LogP contribution < -0.4 is 16.0 Å². The molecule has 0 spiro atoms. The Balaban J connectivity index is 1.44. The predicted octanol–water partition coefficient (Wildman–Crippen LogP) is 6.19. The van der Waals surface area contributed by atoms with E-state index in [1.807, 2.05) is 0 Å². The summed E-state index contributed by atoms with van der Waals surface area (Å²) >= 11 is 5.94. The molecule has 1 aromatic carbocycles. The van der Waals surface area contributed by atoms with Gasteiger partial charge in [-0.25, -0.2) is 23.4 Å². The molecule has 1 aromatic heterocycles. The molecule has 10 nitrogen and oxygen atoms in total. The van der Waals surface area contributed by atoms with Crippen LogP contribution in [-0.2, 0) is 4.79 Å². The average Bonchev–Trinajstić information content (AvgIpc) is 3.38. The molecule has 3 unspecified atom stereocenters. The van der Waals surface area contributed by atoms with Gasteiger partial charge in [-0.15, -0.1) is 0 Å². The van der Waals surface area contributed by atoms with E-state index in [0.29, 0.717) is 47.7 Å². The molecule has 3 aliphatic rings. The number of aromatic amines is 1. The number of halogens is 3. The van der Waals surface area contributed by atoms with Gasteiger partial charge in [0.2, 0.25) is 5.91 Å². The zero-order valence-electron chi connectivity index (χ0n) is 21.7. The maximum absolute atomic E-state index is 14.7. The van der Waals surface area contributed by atoms with Crippen LogP contribution in [-0.4, -0.2) is 50.6 Å². The fraction of sp³-hybridized carbons (Fsp3) is 0.407. The van der Waals surface area contributed by atoms with Gasteiger partial charge < -0.3 is 25.6 Å². The Morgan fingerprint density at radius 1 is 1.20 bits per heavy atom. The second-order valence-corrected chi connectivity index (χ2v) is 10.7. The zero-order chi connectivity index (χ0) is 28.6. The summed E-state index contributed by atoms with van der Waals surface area (Å²) in [5.41, 5.74) is 1.68. The van der Waals surface area contributed by atoms with Gasteiger partial charge in [0, 0.05) is 35.7 Å². The van der Waals surface area contributed by atoms with Crippen molar-refractivity contribution in [2.75, 3.05) is 17.2 Å². The molecule has 13 heteroatoms. The van der Waals surface area contributed by atoms with Crippen molar-refractivity contribution in [3.05, 3.63) is 52.5 Å². The number of hydrogen-bond donors (Lipinski definition) is 5. The number of nitrogens with zero attached hydrogens (tertiary/aromatic N) is 2. The van der Waals surface area contributed by atoms with Crippen LogP contribution >= 0.6 is 11.6 Å². The summed E-state index contributed by atoms with van der Waals surface area (Å²) in [6.45, 7) is 2.03. The van der Waals surface area contributed by atoms with E-state index >= 15 is 0 Å². The molecule has 5 rings (SSSR count). The number of nitrogens with one attached hydrogen (secondary N) is 4. The first-order valence-electron chi connectivity index (χ1n) is 13.1. The Morgan fingerprint density at radius 2 is 2.00 bits per heavy atom. The third kappa shape index (κ3) is 5.53. The van der Waals surface area contributed by atoms with Gasteiger partial charge in [-0.05, 0) is 43.9 Å². The number of imidazole rings is 1. The van der Waals surface area contributed by atoms with Crippen LogP contribution in [0.3, 0.4) is 0 Å². The van der Waals surface area contributed by atoms with Gasteiger partial charge in [-0.1, -0.05) is 24.9 Å². The molecular formula is C27H29ClF2N6O4. The number of carbonyl (C=O) groups is 3. The van der Waals surface area contributed by atoms with Gasteiger partial charge in [-0.2, -0.15) is 0 Å². The van der Waals surface area contributed by atoms with Crippen molar-refractivity contribution in [3.8, 4) is 11.3 Å². The molecule has 0 radical (unpaired) electrons. The lowest BCUT2D eigenvalue weighted by Crippen LogP contribution is -2.53. The maximum atomic E-state index is 14.7. The van der Waals surface area contributed by atoms with E-state index in [1.54, 1.807) is 30.2 Å². The third-order valence-corrected chi connectivity index (χ3v) is 7.92. The van der Waals surface area contributed by atoms with Gasteiger partial charge >= 0.3 is 12.1 Å². The lowest BCUT2D eigenvalue weighted by molar-refractivity contribution is -0.119. The first-order chi connectivity index (χ1) is 19.1. The molecule has 4 amide bonds. The first-order valence-corrected chi connectivity index (χ1v) is 13.5. The van der Waals surface area contributed by atoms with E-state index in [4.69, 9.17) is 16.7 Å². The molecule has 1 fully saturated rings. The monoisotopic (exact) mass is 574 g/mol. The maximum Gasteiger partial charge on any atom is 0.409 e. The van der Waals surface area contributed by atoms with E-state index in [2.05, 4.69) is 25.9 Å². The fourth-order valence-corrected chi connectivity index (χ4v) is 5.63. The van der Waals surface area contributed by atoms with Gasteiger partial charge in [0.05, 0.1) is 34.7 Å². The second-order valence-electron chi connectivity index (χ2n) is 10.2. The Bertz CT molecular complexity index is 1420. The van der Waals surface area contributed by atoms with Crippen LogP contribution in [0, 0.1) is 5.92 Å². The number of aromatic nitrogens is 2. The Morgan fingerprint density at radius 3 is 2.75 bits per heavy atom. The molecule has 212 valence electrons. The highest BCUT2D eigenvalue weighted by molar-refractivity contribution is 6.30. The largest absolute Gasteiger partial charge is 0.465 e. The molecule has 1 aliphatic carbocycles. The molecule has 2 aliphatic heterocycles. The normalized spacial score (nSPS) is 24.0. The number of hydrogen-bond acceptors (Lipinski definition) is 4. The molecular weight excluding hydrogens is 546 g/mol. The summed E-state index contributed by atoms with van der Waals surface area (Å²) in [4.78, 5) is 46.8. The number of rotatable bonds is 3. The molecule has 5 N–H and O–H groups in total. The Hall–Kier alpha value is -3.93. The molecule has 3 atom stereocenters. The van der Waals surface area contributed by atoms with Crippen molar-refractivity contribution in [1.29, 1.82) is 0 Å². The van der Waals surface area contributed by atoms with E-state index in [9.17, 15) is 23.2 Å². The summed E-state index contributed by atoms with van der Waals surface area (Å²) in [5.74, 6) is -1.46. The Kier molecular flexibility index (Phi) is 7.79. The first kappa shape index (κ1) is 27.6. The van der Waals surface area contributed by atoms with Crippen LogP contribution in [0.4, 0.5) is 29.7 Å². The van der Waals surface area contributed by atoms with Crippen LogP contribution in [0.5, 0.6) is 0 Å². The van der Waals surface area contributed by atoms with Crippen molar-refractivity contribution >= 4 is 41.0 Å². The number of carboxylic acid groups (broad SMARTS) is 1. The van der Waals surface area contributed by atoms with Gasteiger partial charge in [0.1, 0.15) is 17.5 Å². The molecule has 40 heavy (non-hydrogen) atoms. The minimum Gasteiger partial charge on any atom is -0.465 e. The molecule has 2 bridgehead atoms. The number of fused-ring (bicyclic) bond motifs is 4. The highest BCUT2D eigenvalue weighted by Crippen LogP contribution is 2.39. The highest BCUT2D eigenvalue weighted by atomic mass is 35.5. The van der Waals surface area contributed by atoms with Crippen molar-refractivity contribution in [2.45, 2.75) is 57.5 Å². The lowest BCUT2D eigenvalue weighted by Gasteiger charge is -2.38. The molecule has 2 aromatic rings. The average molecular weight is 575 g/mol. The summed E-state index contributed by atoms with van der Waals surface area (Å²) in [5, 5.41) is 17.0. The number of amides is 4. The van der Waals surface area contributed by atoms with Crippen LogP contribution in [0.1, 0.15) is 57.3 Å². The summed E-state index contributed by atoms with van der Waals surface area (Å²) in [6, 6.07) is 2.99. The number of benzene rings is 1. The number of anilines is 2. The smallest absolute Gasteiger partial charge is 0.409 e. The lowest BCUT2D eigenvalue weighted by atomic mass is 9.93. The van der Waals surface area contributed by atoms with Gasteiger partial charge in [0.15, 0.2) is 0 Å². The van der Waals surface area contributed by atoms with E-state index < -0.39 is 35.9 Å². The molecule has 1 saturated heterocycles. The number of carbonyl (C=O) groups excluding carboxylic acids is 2. The quantitative estimate of drug-likeness (QED) is 0.297. The number of urea groups is 1. The topological polar surface area (TPSA) is 139 Å². The predicted molar refractivity (Wildman–Crippen MR) is 145 cm³/mol. The van der Waals surface area contributed by atoms with Gasteiger partial charge in [-0.3, -0.25) is 10.1 Å². The minimum atomic E-state index is -1.23. The number of allylic oxidation sites excluding steroid dienone is 2. The summed E-state index contributed by atoms with van der Waals surface area (Å²) < 4.78 is 29.3. The standard InChI is InChI=1S/C27H29ClF2N6O4/c1-13-3-2-4-21(36-10-9-18(35-26(36)38)22-17(29)8-7-16(28)23(22)30)24-31-12-20(33-24)15-6-5-14(32-27(39)40)11-19(15)34-25(13)37/h5-6,11-13,18,21,32H,2-4,7-10H2,1H3,(H,31,33)(H,34,37)(H,35,38)(H,39,40). The van der Waals surface area contributed by atoms with E-state index in [1.165, 1.54) is 6.07 Å². The summed E-state index contributed by atoms with van der Waals surface area (Å²) in [6.07, 6.45) is 2.36. The fourth-order valence-electron chi connectivity index (χ4n) is 5.43. The van der Waals surface area contributed by atoms with Crippen LogP contribution in [0.15, 0.2) is 46.7 Å². The van der Waals surface area contributed by atoms with Crippen LogP contribution in [0.2, 0.25) is 0 Å². The minimum absolute atomic E-state index is 0.00340. The third-order valence-electron chi connectivity index (χ3n) is 7.57. The molecule has 3 heterocycles. The van der Waals surface area contributed by atoms with Crippen LogP contribution in [0.25, 0.3) is 11.3 Å². The Labute approximate surface area is 233 Å². The van der Waals surface area contributed by atoms with Crippen molar-refractivity contribution in [3.63, 3.8) is 0 Å². The molecule has 0 saturated carbocycles. The SMILES string of the molecule is CC1CCCC(N2CCC(C3=C(F)CCC(Cl)=C3F)NC2=O)c2ncc([nH]2)-c2ccc(NC(=O)O)cc2NC1=O. The van der Waals surface area contributed by atoms with E-state index in [0.717, 1.165) is 0 Å². The second kappa shape index (κ2) is 11.3.